The molecule has 3 amide bonds. The fourth-order valence-electron chi connectivity index (χ4n) is 2.69. The van der Waals surface area contributed by atoms with Gasteiger partial charge in [-0.1, -0.05) is 6.07 Å². The molecule has 0 saturated heterocycles. The lowest BCUT2D eigenvalue weighted by molar-refractivity contribution is -0.116. The second kappa shape index (κ2) is 6.07. The van der Waals surface area contributed by atoms with Crippen molar-refractivity contribution in [1.29, 1.82) is 0 Å². The number of aryl methyl sites for hydroxylation is 2. The van der Waals surface area contributed by atoms with Crippen LogP contribution >= 0.6 is 0 Å². The molecule has 120 valence electrons. The van der Waals surface area contributed by atoms with Crippen molar-refractivity contribution in [3.05, 3.63) is 35.9 Å². The molecular formula is C15H18N6O2. The van der Waals surface area contributed by atoms with Crippen LogP contribution in [0.1, 0.15) is 17.8 Å². The van der Waals surface area contributed by atoms with E-state index in [1.165, 1.54) is 15.9 Å². The predicted octanol–water partition coefficient (Wildman–Crippen LogP) is 1.06. The molecule has 3 rings (SSSR count). The quantitative estimate of drug-likeness (QED) is 0.883. The summed E-state index contributed by atoms with van der Waals surface area (Å²) < 4.78 is 1.47. The van der Waals surface area contributed by atoms with Crippen molar-refractivity contribution in [3.63, 3.8) is 0 Å². The van der Waals surface area contributed by atoms with Crippen LogP contribution in [0, 0.1) is 6.92 Å². The lowest BCUT2D eigenvalue weighted by atomic mass is 10.0. The second-order valence-electron chi connectivity index (χ2n) is 5.47. The summed E-state index contributed by atoms with van der Waals surface area (Å²) in [7, 11) is 0. The zero-order valence-corrected chi connectivity index (χ0v) is 12.8. The Morgan fingerprint density at radius 3 is 2.91 bits per heavy atom. The highest BCUT2D eigenvalue weighted by atomic mass is 16.2. The van der Waals surface area contributed by atoms with E-state index < -0.39 is 6.03 Å². The van der Waals surface area contributed by atoms with Gasteiger partial charge in [-0.25, -0.2) is 14.5 Å². The van der Waals surface area contributed by atoms with E-state index in [2.05, 4.69) is 15.4 Å². The summed E-state index contributed by atoms with van der Waals surface area (Å²) in [5.74, 6) is 0.403. The number of rotatable bonds is 3. The fraction of sp³-hybridized carbons (Fsp3) is 0.333. The third-order valence-corrected chi connectivity index (χ3v) is 3.71. The first-order valence-corrected chi connectivity index (χ1v) is 7.39. The molecule has 23 heavy (non-hydrogen) atoms. The first kappa shape index (κ1) is 15.0. The van der Waals surface area contributed by atoms with E-state index in [-0.39, 0.29) is 12.5 Å². The monoisotopic (exact) mass is 314 g/mol. The molecule has 0 radical (unpaired) electrons. The summed E-state index contributed by atoms with van der Waals surface area (Å²) in [6.45, 7) is 2.44. The smallest absolute Gasteiger partial charge is 0.319 e. The third kappa shape index (κ3) is 3.31. The van der Waals surface area contributed by atoms with Crippen molar-refractivity contribution in [2.45, 2.75) is 26.3 Å². The van der Waals surface area contributed by atoms with E-state index in [9.17, 15) is 9.59 Å². The Kier molecular flexibility index (Phi) is 3.96. The van der Waals surface area contributed by atoms with Gasteiger partial charge in [0.1, 0.15) is 18.7 Å². The lowest BCUT2D eigenvalue weighted by Gasteiger charge is -2.28. The summed E-state index contributed by atoms with van der Waals surface area (Å²) in [5.41, 5.74) is 7.86. The van der Waals surface area contributed by atoms with E-state index in [1.807, 2.05) is 12.1 Å². The van der Waals surface area contributed by atoms with Crippen LogP contribution in [0.25, 0.3) is 0 Å². The Labute approximate surface area is 133 Å². The van der Waals surface area contributed by atoms with Crippen molar-refractivity contribution in [1.82, 2.24) is 14.8 Å². The van der Waals surface area contributed by atoms with Gasteiger partial charge in [0.05, 0.1) is 5.69 Å². The lowest BCUT2D eigenvalue weighted by Crippen LogP contribution is -2.39. The van der Waals surface area contributed by atoms with E-state index in [4.69, 9.17) is 5.73 Å². The van der Waals surface area contributed by atoms with Gasteiger partial charge in [-0.15, -0.1) is 0 Å². The predicted molar refractivity (Wildman–Crippen MR) is 85.1 cm³/mol. The van der Waals surface area contributed by atoms with Crippen LogP contribution in [-0.2, 0) is 17.8 Å². The zero-order chi connectivity index (χ0) is 16.4. The van der Waals surface area contributed by atoms with Gasteiger partial charge >= 0.3 is 6.03 Å². The first-order chi connectivity index (χ1) is 11.0. The van der Waals surface area contributed by atoms with Crippen LogP contribution < -0.4 is 16.0 Å². The molecule has 0 saturated carbocycles. The molecule has 3 N–H and O–H groups in total. The molecule has 0 spiro atoms. The molecule has 1 aromatic heterocycles. The largest absolute Gasteiger partial charge is 0.351 e. The summed E-state index contributed by atoms with van der Waals surface area (Å²) in [6.07, 6.45) is 3.29. The number of nitrogens with one attached hydrogen (secondary N) is 1. The molecule has 0 bridgehead atoms. The van der Waals surface area contributed by atoms with Gasteiger partial charge < -0.3 is 11.1 Å². The number of urea groups is 1. The van der Waals surface area contributed by atoms with Gasteiger partial charge in [0, 0.05) is 12.2 Å². The molecule has 0 unspecified atom stereocenters. The molecule has 0 fully saturated rings. The number of nitrogens with zero attached hydrogens (tertiary/aromatic N) is 4. The molecular weight excluding hydrogens is 296 g/mol. The molecule has 8 heteroatoms. The zero-order valence-electron chi connectivity index (χ0n) is 12.8. The topological polar surface area (TPSA) is 106 Å². The van der Waals surface area contributed by atoms with E-state index >= 15 is 0 Å². The molecule has 1 aromatic carbocycles. The van der Waals surface area contributed by atoms with E-state index in [1.54, 1.807) is 13.0 Å². The van der Waals surface area contributed by atoms with Crippen LogP contribution in [0.15, 0.2) is 24.5 Å². The summed E-state index contributed by atoms with van der Waals surface area (Å²) >= 11 is 0. The number of nitrogens with two attached hydrogens (primary N) is 1. The second-order valence-corrected chi connectivity index (χ2v) is 5.47. The number of aromatic nitrogens is 3. The van der Waals surface area contributed by atoms with Crippen LogP contribution in [-0.4, -0.2) is 33.2 Å². The van der Waals surface area contributed by atoms with E-state index in [0.717, 1.165) is 24.1 Å². The van der Waals surface area contributed by atoms with Gasteiger partial charge in [-0.05, 0) is 37.5 Å². The first-order valence-electron chi connectivity index (χ1n) is 7.39. The number of anilines is 2. The van der Waals surface area contributed by atoms with Crippen molar-refractivity contribution in [3.8, 4) is 0 Å². The number of fused-ring (bicyclic) bond motifs is 1. The van der Waals surface area contributed by atoms with Gasteiger partial charge in [0.15, 0.2) is 0 Å². The molecule has 8 nitrogen and oxygen atoms in total. The summed E-state index contributed by atoms with van der Waals surface area (Å²) in [5, 5.41) is 6.88. The number of benzene rings is 1. The highest BCUT2D eigenvalue weighted by Crippen LogP contribution is 2.29. The highest BCUT2D eigenvalue weighted by Gasteiger charge is 2.21. The number of amides is 3. The van der Waals surface area contributed by atoms with Crippen LogP contribution in [0.2, 0.25) is 0 Å². The maximum Gasteiger partial charge on any atom is 0.319 e. The number of carbonyl (C=O) groups excluding carboxylic acids is 2. The Morgan fingerprint density at radius 1 is 1.39 bits per heavy atom. The average molecular weight is 314 g/mol. The Bertz CT molecular complexity index is 754. The molecule has 2 aromatic rings. The van der Waals surface area contributed by atoms with Gasteiger partial charge in [0.2, 0.25) is 5.91 Å². The third-order valence-electron chi connectivity index (χ3n) is 3.71. The van der Waals surface area contributed by atoms with Gasteiger partial charge in [0.25, 0.3) is 0 Å². The Morgan fingerprint density at radius 2 is 2.22 bits per heavy atom. The number of primary amides is 1. The van der Waals surface area contributed by atoms with Crippen LogP contribution in [0.4, 0.5) is 16.2 Å². The molecule has 1 aliphatic heterocycles. The highest BCUT2D eigenvalue weighted by molar-refractivity contribution is 5.95. The van der Waals surface area contributed by atoms with Crippen molar-refractivity contribution >= 4 is 23.3 Å². The van der Waals surface area contributed by atoms with Gasteiger partial charge in [-0.3, -0.25) is 9.69 Å². The van der Waals surface area contributed by atoms with Crippen molar-refractivity contribution in [2.75, 3.05) is 16.8 Å². The Balaban J connectivity index is 1.74. The van der Waals surface area contributed by atoms with Crippen LogP contribution in [0.3, 0.4) is 0 Å². The molecule has 1 aliphatic rings. The van der Waals surface area contributed by atoms with Crippen molar-refractivity contribution in [2.24, 2.45) is 5.73 Å². The van der Waals surface area contributed by atoms with E-state index in [0.29, 0.717) is 18.1 Å². The summed E-state index contributed by atoms with van der Waals surface area (Å²) in [4.78, 5) is 29.1. The van der Waals surface area contributed by atoms with Crippen LogP contribution in [0.5, 0.6) is 0 Å². The van der Waals surface area contributed by atoms with Gasteiger partial charge in [-0.2, -0.15) is 5.10 Å². The van der Waals surface area contributed by atoms with Crippen molar-refractivity contribution < 1.29 is 9.59 Å². The minimum absolute atomic E-state index is 0.0808. The molecule has 0 aliphatic carbocycles. The SMILES string of the molecule is Cc1ncn(CC(=O)Nc2ccc3c(c2)N(C(N)=O)CCC3)n1. The molecule has 0 atom stereocenters. The minimum atomic E-state index is -0.479. The molecule has 2 heterocycles. The summed E-state index contributed by atoms with van der Waals surface area (Å²) in [6, 6.07) is 5.05. The number of hydrogen-bond donors (Lipinski definition) is 2. The minimum Gasteiger partial charge on any atom is -0.351 e. The maximum absolute atomic E-state index is 12.1. The Hall–Kier alpha value is -2.90. The maximum atomic E-state index is 12.1. The standard InChI is InChI=1S/C15H18N6O2/c1-10-17-9-20(19-10)8-14(22)18-12-5-4-11-3-2-6-21(15(16)23)13(11)7-12/h4-5,7,9H,2-3,6,8H2,1H3,(H2,16,23)(H,18,22). The average Bonchev–Trinajstić information content (AvgIpc) is 2.91. The fourth-order valence-corrected chi connectivity index (χ4v) is 2.69. The number of carbonyl (C=O) groups is 2. The normalized spacial score (nSPS) is 13.5. The number of hydrogen-bond acceptors (Lipinski definition) is 4.